The molecular formula is C9H11NO4S. The van der Waals surface area contributed by atoms with E-state index in [2.05, 4.69) is 8.91 Å². The van der Waals surface area contributed by atoms with Crippen LogP contribution in [0.2, 0.25) is 0 Å². The topological polar surface area (TPSA) is 64.6 Å². The molecule has 15 heavy (non-hydrogen) atoms. The third kappa shape index (κ3) is 2.28. The van der Waals surface area contributed by atoms with E-state index in [0.29, 0.717) is 5.75 Å². The molecule has 0 spiro atoms. The van der Waals surface area contributed by atoms with Gasteiger partial charge in [0.05, 0.1) is 19.8 Å². The highest BCUT2D eigenvalue weighted by atomic mass is 32.2. The maximum Gasteiger partial charge on any atom is 0.336 e. The van der Waals surface area contributed by atoms with Gasteiger partial charge in [-0.3, -0.25) is 4.18 Å². The van der Waals surface area contributed by atoms with Gasteiger partial charge in [0.1, 0.15) is 5.75 Å². The molecule has 1 saturated heterocycles. The van der Waals surface area contributed by atoms with E-state index in [9.17, 15) is 8.42 Å². The Morgan fingerprint density at radius 2 is 2.33 bits per heavy atom. The molecule has 0 amide bonds. The van der Waals surface area contributed by atoms with Crippen LogP contribution < -0.4 is 9.46 Å². The highest BCUT2D eigenvalue weighted by molar-refractivity contribution is 7.84. The average molecular weight is 229 g/mol. The van der Waals surface area contributed by atoms with Crippen LogP contribution in [0.3, 0.4) is 0 Å². The molecule has 1 aliphatic heterocycles. The number of hydrogen-bond donors (Lipinski definition) is 1. The minimum atomic E-state index is -3.55. The van der Waals surface area contributed by atoms with Gasteiger partial charge in [-0.25, -0.2) is 0 Å². The summed E-state index contributed by atoms with van der Waals surface area (Å²) in [6.45, 7) is 0.121. The molecule has 0 aliphatic carbocycles. The highest BCUT2D eigenvalue weighted by Gasteiger charge is 2.28. The van der Waals surface area contributed by atoms with E-state index < -0.39 is 10.3 Å². The van der Waals surface area contributed by atoms with Crippen LogP contribution in [0.1, 0.15) is 11.6 Å². The summed E-state index contributed by atoms with van der Waals surface area (Å²) in [6.07, 6.45) is 0. The third-order valence-corrected chi connectivity index (χ3v) is 3.19. The maximum atomic E-state index is 11.0. The molecule has 5 nitrogen and oxygen atoms in total. The predicted octanol–water partition coefficient (Wildman–Crippen LogP) is 0.601. The summed E-state index contributed by atoms with van der Waals surface area (Å²) >= 11 is 0. The summed E-state index contributed by atoms with van der Waals surface area (Å²) in [5, 5.41) is 0. The van der Waals surface area contributed by atoms with Crippen LogP contribution in [-0.2, 0) is 14.5 Å². The van der Waals surface area contributed by atoms with E-state index in [1.54, 1.807) is 25.3 Å². The van der Waals surface area contributed by atoms with Crippen LogP contribution in [0.5, 0.6) is 5.75 Å². The number of benzene rings is 1. The fourth-order valence-electron chi connectivity index (χ4n) is 1.42. The molecule has 6 heteroatoms. The Hall–Kier alpha value is -1.11. The quantitative estimate of drug-likeness (QED) is 0.806. The molecule has 1 N–H and O–H groups in total. The molecule has 1 atom stereocenters. The van der Waals surface area contributed by atoms with Gasteiger partial charge in [0, 0.05) is 0 Å². The van der Waals surface area contributed by atoms with E-state index in [-0.39, 0.29) is 12.6 Å². The lowest BCUT2D eigenvalue weighted by molar-refractivity contribution is 0.338. The van der Waals surface area contributed by atoms with Crippen molar-refractivity contribution in [3.63, 3.8) is 0 Å². The maximum absolute atomic E-state index is 11.0. The highest BCUT2D eigenvalue weighted by Crippen LogP contribution is 2.23. The van der Waals surface area contributed by atoms with Gasteiger partial charge in [0.2, 0.25) is 0 Å². The molecule has 0 aromatic heterocycles. The summed E-state index contributed by atoms with van der Waals surface area (Å²) in [5.41, 5.74) is 0.829. The van der Waals surface area contributed by atoms with Crippen molar-refractivity contribution in [2.24, 2.45) is 0 Å². The monoisotopic (exact) mass is 229 g/mol. The Kier molecular flexibility index (Phi) is 2.64. The number of ether oxygens (including phenoxy) is 1. The Morgan fingerprint density at radius 1 is 1.53 bits per heavy atom. The number of nitrogens with one attached hydrogen (secondary N) is 1. The fraction of sp³-hybridized carbons (Fsp3) is 0.333. The largest absolute Gasteiger partial charge is 0.497 e. The van der Waals surface area contributed by atoms with Crippen LogP contribution in [0, 0.1) is 0 Å². The first-order chi connectivity index (χ1) is 7.11. The van der Waals surface area contributed by atoms with E-state index in [0.717, 1.165) is 5.56 Å². The van der Waals surface area contributed by atoms with Crippen molar-refractivity contribution < 1.29 is 17.3 Å². The molecule has 1 fully saturated rings. The molecule has 82 valence electrons. The molecule has 1 heterocycles. The Morgan fingerprint density at radius 3 is 2.93 bits per heavy atom. The molecule has 0 saturated carbocycles. The second-order valence-corrected chi connectivity index (χ2v) is 4.57. The first-order valence-corrected chi connectivity index (χ1v) is 5.82. The zero-order valence-corrected chi connectivity index (χ0v) is 8.95. The van der Waals surface area contributed by atoms with Gasteiger partial charge in [0.15, 0.2) is 0 Å². The van der Waals surface area contributed by atoms with Gasteiger partial charge in [0.25, 0.3) is 0 Å². The zero-order chi connectivity index (χ0) is 10.9. The minimum absolute atomic E-state index is 0.121. The zero-order valence-electron chi connectivity index (χ0n) is 8.14. The van der Waals surface area contributed by atoms with Gasteiger partial charge in [-0.15, -0.1) is 0 Å². The van der Waals surface area contributed by atoms with Crippen molar-refractivity contribution in [1.82, 2.24) is 4.72 Å². The SMILES string of the molecule is COc1cccc([C@H]2COS(=O)(=O)N2)c1. The Labute approximate surface area is 88.3 Å². The summed E-state index contributed by atoms with van der Waals surface area (Å²) < 4.78 is 34.1. The van der Waals surface area contributed by atoms with E-state index >= 15 is 0 Å². The van der Waals surface area contributed by atoms with Crippen molar-refractivity contribution in [2.45, 2.75) is 6.04 Å². The van der Waals surface area contributed by atoms with Crippen LogP contribution in [-0.4, -0.2) is 22.1 Å². The van der Waals surface area contributed by atoms with Crippen LogP contribution in [0.15, 0.2) is 24.3 Å². The minimum Gasteiger partial charge on any atom is -0.497 e. The van der Waals surface area contributed by atoms with Crippen LogP contribution >= 0.6 is 0 Å². The van der Waals surface area contributed by atoms with Crippen LogP contribution in [0.4, 0.5) is 0 Å². The molecule has 1 aromatic rings. The summed E-state index contributed by atoms with van der Waals surface area (Å²) in [4.78, 5) is 0. The van der Waals surface area contributed by atoms with Crippen molar-refractivity contribution in [2.75, 3.05) is 13.7 Å². The summed E-state index contributed by atoms with van der Waals surface area (Å²) in [5.74, 6) is 0.693. The normalized spacial score (nSPS) is 23.9. The number of hydrogen-bond acceptors (Lipinski definition) is 4. The Balaban J connectivity index is 2.24. The molecular weight excluding hydrogens is 218 g/mol. The summed E-state index contributed by atoms with van der Waals surface area (Å²) in [6, 6.07) is 6.88. The van der Waals surface area contributed by atoms with Gasteiger partial charge >= 0.3 is 10.3 Å². The molecule has 1 aromatic carbocycles. The second-order valence-electron chi connectivity index (χ2n) is 3.19. The second kappa shape index (κ2) is 3.80. The average Bonchev–Trinajstić information content (AvgIpc) is 2.59. The molecule has 1 aliphatic rings. The van der Waals surface area contributed by atoms with Crippen molar-refractivity contribution >= 4 is 10.3 Å². The van der Waals surface area contributed by atoms with Crippen molar-refractivity contribution in [3.8, 4) is 5.75 Å². The smallest absolute Gasteiger partial charge is 0.336 e. The van der Waals surface area contributed by atoms with Gasteiger partial charge in [-0.05, 0) is 17.7 Å². The van der Waals surface area contributed by atoms with E-state index in [1.807, 2.05) is 6.07 Å². The van der Waals surface area contributed by atoms with E-state index in [1.165, 1.54) is 0 Å². The lowest BCUT2D eigenvalue weighted by Gasteiger charge is -2.08. The predicted molar refractivity (Wildman–Crippen MR) is 53.7 cm³/mol. The van der Waals surface area contributed by atoms with Gasteiger partial charge in [-0.1, -0.05) is 12.1 Å². The lowest BCUT2D eigenvalue weighted by atomic mass is 10.1. The van der Waals surface area contributed by atoms with Gasteiger partial charge < -0.3 is 4.74 Å². The van der Waals surface area contributed by atoms with Gasteiger partial charge in [-0.2, -0.15) is 13.1 Å². The standard InChI is InChI=1S/C9H11NO4S/c1-13-8-4-2-3-7(5-8)9-6-14-15(11,12)10-9/h2-5,9-10H,6H2,1H3/t9-/m1/s1. The molecule has 0 radical (unpaired) electrons. The number of methoxy groups -OCH3 is 1. The molecule has 0 unspecified atom stereocenters. The number of rotatable bonds is 2. The molecule has 0 bridgehead atoms. The summed E-state index contributed by atoms with van der Waals surface area (Å²) in [7, 11) is -1.99. The third-order valence-electron chi connectivity index (χ3n) is 2.17. The van der Waals surface area contributed by atoms with Crippen LogP contribution in [0.25, 0.3) is 0 Å². The van der Waals surface area contributed by atoms with E-state index in [4.69, 9.17) is 4.74 Å². The first kappa shape index (κ1) is 10.4. The molecule has 2 rings (SSSR count). The first-order valence-electron chi connectivity index (χ1n) is 4.41. The lowest BCUT2D eigenvalue weighted by Crippen LogP contribution is -2.19. The Bertz CT molecular complexity index is 457. The van der Waals surface area contributed by atoms with Crippen molar-refractivity contribution in [3.05, 3.63) is 29.8 Å². The fourth-order valence-corrected chi connectivity index (χ4v) is 2.36. The van der Waals surface area contributed by atoms with Crippen molar-refractivity contribution in [1.29, 1.82) is 0 Å².